The Kier molecular flexibility index (Phi) is 5.33. The average molecular weight is 269 g/mol. The third-order valence-electron chi connectivity index (χ3n) is 3.52. The van der Waals surface area contributed by atoms with Crippen molar-refractivity contribution in [3.63, 3.8) is 0 Å². The molecule has 1 aromatic carbocycles. The fourth-order valence-electron chi connectivity index (χ4n) is 2.50. The molecule has 0 bridgehead atoms. The van der Waals surface area contributed by atoms with Crippen LogP contribution >= 0.6 is 11.6 Å². The quantitative estimate of drug-likeness (QED) is 0.733. The Bertz CT molecular complexity index is 344. The first-order valence-electron chi connectivity index (χ1n) is 6.62. The number of hydrogen-bond donors (Lipinski definition) is 0. The van der Waals surface area contributed by atoms with Crippen LogP contribution in [0, 0.1) is 5.92 Å². The molecular formula is C15H21ClO2. The third kappa shape index (κ3) is 3.89. The summed E-state index contributed by atoms with van der Waals surface area (Å²) in [5.74, 6) is 2.11. The fourth-order valence-corrected chi connectivity index (χ4v) is 2.73. The van der Waals surface area contributed by atoms with Crippen molar-refractivity contribution in [1.29, 1.82) is 0 Å². The van der Waals surface area contributed by atoms with Crippen molar-refractivity contribution >= 4 is 11.6 Å². The molecule has 0 amide bonds. The van der Waals surface area contributed by atoms with Crippen LogP contribution < -0.4 is 4.74 Å². The fraction of sp³-hybridized carbons (Fsp3) is 0.600. The molecule has 18 heavy (non-hydrogen) atoms. The highest BCUT2D eigenvalue weighted by Crippen LogP contribution is 2.24. The molecule has 0 radical (unpaired) electrons. The van der Waals surface area contributed by atoms with Gasteiger partial charge in [-0.2, -0.15) is 0 Å². The van der Waals surface area contributed by atoms with Crippen molar-refractivity contribution in [3.8, 4) is 5.75 Å². The molecule has 2 rings (SSSR count). The lowest BCUT2D eigenvalue weighted by molar-refractivity contribution is 0.0922. The van der Waals surface area contributed by atoms with Crippen LogP contribution in [0.4, 0.5) is 0 Å². The van der Waals surface area contributed by atoms with Gasteiger partial charge in [0.1, 0.15) is 5.75 Å². The summed E-state index contributed by atoms with van der Waals surface area (Å²) in [7, 11) is 1.69. The molecule has 0 aliphatic carbocycles. The van der Waals surface area contributed by atoms with Crippen LogP contribution in [-0.2, 0) is 11.2 Å². The summed E-state index contributed by atoms with van der Waals surface area (Å²) in [5.41, 5.74) is 1.32. The van der Waals surface area contributed by atoms with Gasteiger partial charge in [0, 0.05) is 12.5 Å². The monoisotopic (exact) mass is 268 g/mol. The summed E-state index contributed by atoms with van der Waals surface area (Å²) in [6.07, 6.45) is 4.91. The van der Waals surface area contributed by atoms with Crippen molar-refractivity contribution in [2.45, 2.75) is 31.8 Å². The Hall–Kier alpha value is -0.730. The SMILES string of the molecule is COc1ccc(CC(CCl)CC2CCCO2)cc1. The maximum Gasteiger partial charge on any atom is 0.118 e. The first-order valence-corrected chi connectivity index (χ1v) is 7.15. The number of rotatable bonds is 6. The number of benzene rings is 1. The van der Waals surface area contributed by atoms with E-state index in [0.29, 0.717) is 17.9 Å². The predicted octanol–water partition coefficient (Wildman–Crippen LogP) is 3.66. The molecule has 1 aliphatic rings. The maximum absolute atomic E-state index is 6.07. The van der Waals surface area contributed by atoms with Gasteiger partial charge in [0.2, 0.25) is 0 Å². The second-order valence-electron chi connectivity index (χ2n) is 4.94. The normalized spacial score (nSPS) is 20.9. The molecule has 2 nitrogen and oxygen atoms in total. The van der Waals surface area contributed by atoms with Gasteiger partial charge in [-0.25, -0.2) is 0 Å². The Morgan fingerprint density at radius 3 is 2.72 bits per heavy atom. The van der Waals surface area contributed by atoms with Gasteiger partial charge in [-0.15, -0.1) is 11.6 Å². The van der Waals surface area contributed by atoms with Gasteiger partial charge in [0.25, 0.3) is 0 Å². The second-order valence-corrected chi connectivity index (χ2v) is 5.25. The van der Waals surface area contributed by atoms with Gasteiger partial charge in [0.15, 0.2) is 0 Å². The van der Waals surface area contributed by atoms with E-state index in [1.165, 1.54) is 18.4 Å². The predicted molar refractivity (Wildman–Crippen MR) is 74.5 cm³/mol. The van der Waals surface area contributed by atoms with E-state index in [0.717, 1.165) is 25.2 Å². The summed E-state index contributed by atoms with van der Waals surface area (Å²) in [4.78, 5) is 0. The van der Waals surface area contributed by atoms with Gasteiger partial charge < -0.3 is 9.47 Å². The molecule has 1 saturated heterocycles. The summed E-state index contributed by atoms with van der Waals surface area (Å²) < 4.78 is 10.8. The minimum absolute atomic E-state index is 0.423. The summed E-state index contributed by atoms with van der Waals surface area (Å²) in [6, 6.07) is 8.25. The lowest BCUT2D eigenvalue weighted by Crippen LogP contribution is -2.16. The van der Waals surface area contributed by atoms with Crippen LogP contribution in [0.1, 0.15) is 24.8 Å². The lowest BCUT2D eigenvalue weighted by atomic mass is 9.94. The van der Waals surface area contributed by atoms with Crippen LogP contribution in [0.25, 0.3) is 0 Å². The topological polar surface area (TPSA) is 18.5 Å². The second kappa shape index (κ2) is 7.01. The van der Waals surface area contributed by atoms with Crippen LogP contribution in [0.3, 0.4) is 0 Å². The van der Waals surface area contributed by atoms with E-state index in [2.05, 4.69) is 12.1 Å². The molecule has 0 saturated carbocycles. The van der Waals surface area contributed by atoms with Crippen molar-refractivity contribution in [1.82, 2.24) is 0 Å². The average Bonchev–Trinajstić information content (AvgIpc) is 2.91. The molecule has 1 heterocycles. The van der Waals surface area contributed by atoms with E-state index in [-0.39, 0.29) is 0 Å². The largest absolute Gasteiger partial charge is 0.497 e. The molecule has 100 valence electrons. The molecule has 1 fully saturated rings. The standard InChI is InChI=1S/C15H21ClO2/c1-17-14-6-4-12(5-7-14)9-13(11-16)10-15-3-2-8-18-15/h4-7,13,15H,2-3,8-11H2,1H3. The molecular weight excluding hydrogens is 248 g/mol. The number of ether oxygens (including phenoxy) is 2. The van der Waals surface area contributed by atoms with Crippen LogP contribution in [-0.4, -0.2) is 25.7 Å². The highest BCUT2D eigenvalue weighted by molar-refractivity contribution is 6.18. The van der Waals surface area contributed by atoms with Crippen LogP contribution in [0.2, 0.25) is 0 Å². The Balaban J connectivity index is 1.87. The Morgan fingerprint density at radius 1 is 1.39 bits per heavy atom. The van der Waals surface area contributed by atoms with Crippen LogP contribution in [0.15, 0.2) is 24.3 Å². The maximum atomic E-state index is 6.07. The van der Waals surface area contributed by atoms with Gasteiger partial charge in [-0.1, -0.05) is 12.1 Å². The smallest absolute Gasteiger partial charge is 0.118 e. The lowest BCUT2D eigenvalue weighted by Gasteiger charge is -2.18. The number of hydrogen-bond acceptors (Lipinski definition) is 2. The van der Waals surface area contributed by atoms with Gasteiger partial charge >= 0.3 is 0 Å². The summed E-state index contributed by atoms with van der Waals surface area (Å²) in [6.45, 7) is 0.919. The molecule has 3 heteroatoms. The number of alkyl halides is 1. The number of methoxy groups -OCH3 is 1. The van der Waals surface area contributed by atoms with Gasteiger partial charge in [0.05, 0.1) is 13.2 Å². The van der Waals surface area contributed by atoms with E-state index in [4.69, 9.17) is 21.1 Å². The van der Waals surface area contributed by atoms with Gasteiger partial charge in [-0.3, -0.25) is 0 Å². The molecule has 2 atom stereocenters. The first kappa shape index (κ1) is 13.7. The molecule has 1 aromatic rings. The highest BCUT2D eigenvalue weighted by atomic mass is 35.5. The number of halogens is 1. The zero-order valence-electron chi connectivity index (χ0n) is 10.9. The van der Waals surface area contributed by atoms with E-state index in [1.807, 2.05) is 12.1 Å². The molecule has 2 unspecified atom stereocenters. The molecule has 0 aromatic heterocycles. The summed E-state index contributed by atoms with van der Waals surface area (Å²) >= 11 is 6.07. The van der Waals surface area contributed by atoms with E-state index in [1.54, 1.807) is 7.11 Å². The first-order chi connectivity index (χ1) is 8.81. The Morgan fingerprint density at radius 2 is 2.17 bits per heavy atom. The molecule has 0 spiro atoms. The van der Waals surface area contributed by atoms with Crippen molar-refractivity contribution in [3.05, 3.63) is 29.8 Å². The van der Waals surface area contributed by atoms with Gasteiger partial charge in [-0.05, 0) is 49.3 Å². The van der Waals surface area contributed by atoms with E-state index < -0.39 is 0 Å². The van der Waals surface area contributed by atoms with E-state index >= 15 is 0 Å². The van der Waals surface area contributed by atoms with Crippen molar-refractivity contribution in [2.24, 2.45) is 5.92 Å². The molecule has 1 aliphatic heterocycles. The van der Waals surface area contributed by atoms with Crippen molar-refractivity contribution < 1.29 is 9.47 Å². The highest BCUT2D eigenvalue weighted by Gasteiger charge is 2.20. The third-order valence-corrected chi connectivity index (χ3v) is 3.96. The van der Waals surface area contributed by atoms with E-state index in [9.17, 15) is 0 Å². The Labute approximate surface area is 114 Å². The van der Waals surface area contributed by atoms with Crippen LogP contribution in [0.5, 0.6) is 5.75 Å². The minimum Gasteiger partial charge on any atom is -0.497 e. The zero-order valence-corrected chi connectivity index (χ0v) is 11.7. The van der Waals surface area contributed by atoms with Crippen molar-refractivity contribution in [2.75, 3.05) is 19.6 Å². The minimum atomic E-state index is 0.423. The molecule has 0 N–H and O–H groups in total. The summed E-state index contributed by atoms with van der Waals surface area (Å²) in [5, 5.41) is 0. The zero-order chi connectivity index (χ0) is 12.8.